The van der Waals surface area contributed by atoms with Gasteiger partial charge in [-0.3, -0.25) is 9.48 Å². The average molecular weight is 278 g/mol. The van der Waals surface area contributed by atoms with Gasteiger partial charge in [0.15, 0.2) is 0 Å². The summed E-state index contributed by atoms with van der Waals surface area (Å²) in [7, 11) is 1.75. The molecule has 2 rings (SSSR count). The maximum atomic E-state index is 12.0. The van der Waals surface area contributed by atoms with Crippen molar-refractivity contribution in [3.63, 3.8) is 0 Å². The van der Waals surface area contributed by atoms with E-state index in [1.807, 2.05) is 37.3 Å². The van der Waals surface area contributed by atoms with Crippen molar-refractivity contribution >= 4 is 17.5 Å². The van der Waals surface area contributed by atoms with Crippen molar-refractivity contribution < 1.29 is 4.79 Å². The number of carbonyl (C=O) groups excluding carboxylic acids is 1. The highest BCUT2D eigenvalue weighted by Crippen LogP contribution is 2.18. The van der Waals surface area contributed by atoms with E-state index in [-0.39, 0.29) is 11.3 Å². The van der Waals surface area contributed by atoms with Crippen LogP contribution in [0.2, 0.25) is 0 Å². The van der Waals surface area contributed by atoms with Crippen LogP contribution in [0.25, 0.3) is 0 Å². The largest absolute Gasteiger partial charge is 0.349 e. The van der Waals surface area contributed by atoms with Crippen molar-refractivity contribution in [3.8, 4) is 0 Å². The summed E-state index contributed by atoms with van der Waals surface area (Å²) >= 11 is 6.25. The van der Waals surface area contributed by atoms with Gasteiger partial charge in [0.2, 0.25) is 0 Å². The second-order valence-electron chi connectivity index (χ2n) is 4.38. The molecule has 5 heteroatoms. The van der Waals surface area contributed by atoms with Crippen LogP contribution in [-0.4, -0.2) is 22.2 Å². The lowest BCUT2D eigenvalue weighted by Gasteiger charge is -2.11. The zero-order valence-corrected chi connectivity index (χ0v) is 11.7. The normalized spacial score (nSPS) is 12.2. The number of aromatic nitrogens is 2. The molecule has 1 aromatic carbocycles. The lowest BCUT2D eigenvalue weighted by molar-refractivity contribution is 0.0944. The summed E-state index contributed by atoms with van der Waals surface area (Å²) in [6.45, 7) is 2.24. The standard InChI is InChI=1S/C14H16ClN3O/c1-10-8-13(18(2)17-10)14(19)16-9-12(15)11-6-4-3-5-7-11/h3-8,12H,9H2,1-2H3,(H,16,19). The third-order valence-electron chi connectivity index (χ3n) is 2.84. The first-order valence-electron chi connectivity index (χ1n) is 6.06. The molecule has 1 amide bonds. The van der Waals surface area contributed by atoms with Gasteiger partial charge in [0.05, 0.1) is 11.1 Å². The lowest BCUT2D eigenvalue weighted by atomic mass is 10.1. The molecule has 0 saturated carbocycles. The Bertz CT molecular complexity index is 565. The van der Waals surface area contributed by atoms with Crippen LogP contribution in [0, 0.1) is 6.92 Å². The molecule has 100 valence electrons. The van der Waals surface area contributed by atoms with Crippen molar-refractivity contribution in [2.75, 3.05) is 6.54 Å². The molecule has 1 unspecified atom stereocenters. The first-order chi connectivity index (χ1) is 9.08. The number of halogens is 1. The number of benzene rings is 1. The number of carbonyl (C=O) groups is 1. The quantitative estimate of drug-likeness (QED) is 0.873. The maximum Gasteiger partial charge on any atom is 0.269 e. The Morgan fingerprint density at radius 2 is 2.11 bits per heavy atom. The lowest BCUT2D eigenvalue weighted by Crippen LogP contribution is -2.28. The summed E-state index contributed by atoms with van der Waals surface area (Å²) in [6, 6.07) is 11.4. The molecule has 1 atom stereocenters. The SMILES string of the molecule is Cc1cc(C(=O)NCC(Cl)c2ccccc2)n(C)n1. The minimum absolute atomic E-state index is 0.162. The number of alkyl halides is 1. The fraction of sp³-hybridized carbons (Fsp3) is 0.286. The molecular weight excluding hydrogens is 262 g/mol. The van der Waals surface area contributed by atoms with Gasteiger partial charge >= 0.3 is 0 Å². The Labute approximate surface area is 117 Å². The Balaban J connectivity index is 1.96. The highest BCUT2D eigenvalue weighted by molar-refractivity contribution is 6.21. The minimum atomic E-state index is -0.237. The van der Waals surface area contributed by atoms with Crippen LogP contribution < -0.4 is 5.32 Å². The highest BCUT2D eigenvalue weighted by atomic mass is 35.5. The average Bonchev–Trinajstić information content (AvgIpc) is 2.75. The number of nitrogens with one attached hydrogen (secondary N) is 1. The Morgan fingerprint density at radius 1 is 1.42 bits per heavy atom. The van der Waals surface area contributed by atoms with E-state index in [4.69, 9.17) is 11.6 Å². The number of nitrogens with zero attached hydrogens (tertiary/aromatic N) is 2. The number of hydrogen-bond donors (Lipinski definition) is 1. The molecule has 2 aromatic rings. The number of hydrogen-bond acceptors (Lipinski definition) is 2. The van der Waals surface area contributed by atoms with Gasteiger partial charge in [0.1, 0.15) is 5.69 Å². The van der Waals surface area contributed by atoms with Gasteiger partial charge in [0, 0.05) is 13.6 Å². The zero-order chi connectivity index (χ0) is 13.8. The van der Waals surface area contributed by atoms with Gasteiger partial charge in [-0.25, -0.2) is 0 Å². The van der Waals surface area contributed by atoms with Crippen LogP contribution in [0.5, 0.6) is 0 Å². The van der Waals surface area contributed by atoms with Crippen molar-refractivity contribution in [3.05, 3.63) is 53.3 Å². The fourth-order valence-electron chi connectivity index (χ4n) is 1.88. The molecule has 1 N–H and O–H groups in total. The second kappa shape index (κ2) is 5.89. The van der Waals surface area contributed by atoms with Crippen LogP contribution in [0.15, 0.2) is 36.4 Å². The van der Waals surface area contributed by atoms with E-state index in [2.05, 4.69) is 10.4 Å². The van der Waals surface area contributed by atoms with Crippen LogP contribution >= 0.6 is 11.6 Å². The fourth-order valence-corrected chi connectivity index (χ4v) is 2.10. The van der Waals surface area contributed by atoms with Gasteiger partial charge < -0.3 is 5.32 Å². The Morgan fingerprint density at radius 3 is 2.68 bits per heavy atom. The molecular formula is C14H16ClN3O. The third kappa shape index (κ3) is 3.35. The zero-order valence-electron chi connectivity index (χ0n) is 10.9. The van der Waals surface area contributed by atoms with E-state index in [1.54, 1.807) is 17.8 Å². The summed E-state index contributed by atoms with van der Waals surface area (Å²) < 4.78 is 1.57. The number of amides is 1. The van der Waals surface area contributed by atoms with Crippen molar-refractivity contribution in [2.45, 2.75) is 12.3 Å². The maximum absolute atomic E-state index is 12.0. The Kier molecular flexibility index (Phi) is 4.22. The predicted molar refractivity (Wildman–Crippen MR) is 75.3 cm³/mol. The molecule has 0 saturated heterocycles. The van der Waals surface area contributed by atoms with Crippen molar-refractivity contribution in [1.82, 2.24) is 15.1 Å². The second-order valence-corrected chi connectivity index (χ2v) is 4.91. The predicted octanol–water partition coefficient (Wildman–Crippen LogP) is 2.44. The molecule has 1 aromatic heterocycles. The minimum Gasteiger partial charge on any atom is -0.349 e. The van der Waals surface area contributed by atoms with Gasteiger partial charge in [-0.05, 0) is 18.6 Å². The van der Waals surface area contributed by atoms with Gasteiger partial charge in [-0.1, -0.05) is 30.3 Å². The van der Waals surface area contributed by atoms with Crippen LogP contribution in [-0.2, 0) is 7.05 Å². The van der Waals surface area contributed by atoms with Crippen LogP contribution in [0.1, 0.15) is 27.1 Å². The molecule has 0 aliphatic carbocycles. The first-order valence-corrected chi connectivity index (χ1v) is 6.49. The van der Waals surface area contributed by atoms with Crippen molar-refractivity contribution in [2.24, 2.45) is 7.05 Å². The molecule has 0 aliphatic heterocycles. The first kappa shape index (κ1) is 13.6. The van der Waals surface area contributed by atoms with Gasteiger partial charge in [-0.2, -0.15) is 5.10 Å². The third-order valence-corrected chi connectivity index (χ3v) is 3.24. The molecule has 19 heavy (non-hydrogen) atoms. The summed E-state index contributed by atoms with van der Waals surface area (Å²) in [6.07, 6.45) is 0. The monoisotopic (exact) mass is 277 g/mol. The summed E-state index contributed by atoms with van der Waals surface area (Å²) in [5.41, 5.74) is 2.35. The number of rotatable bonds is 4. The molecule has 1 heterocycles. The molecule has 0 bridgehead atoms. The van der Waals surface area contributed by atoms with E-state index in [9.17, 15) is 4.79 Å². The molecule has 0 fully saturated rings. The van der Waals surface area contributed by atoms with E-state index in [1.165, 1.54) is 0 Å². The van der Waals surface area contributed by atoms with Gasteiger partial charge in [0.25, 0.3) is 5.91 Å². The summed E-state index contributed by atoms with van der Waals surface area (Å²) in [5.74, 6) is -0.162. The summed E-state index contributed by atoms with van der Waals surface area (Å²) in [5, 5.41) is 6.72. The van der Waals surface area contributed by atoms with E-state index in [0.717, 1.165) is 11.3 Å². The number of aryl methyl sites for hydroxylation is 2. The van der Waals surface area contributed by atoms with Crippen LogP contribution in [0.3, 0.4) is 0 Å². The topological polar surface area (TPSA) is 46.9 Å². The van der Waals surface area contributed by atoms with E-state index < -0.39 is 0 Å². The van der Waals surface area contributed by atoms with Crippen LogP contribution in [0.4, 0.5) is 0 Å². The molecule has 4 nitrogen and oxygen atoms in total. The van der Waals surface area contributed by atoms with Crippen molar-refractivity contribution in [1.29, 1.82) is 0 Å². The smallest absolute Gasteiger partial charge is 0.269 e. The van der Waals surface area contributed by atoms with E-state index >= 15 is 0 Å². The summed E-state index contributed by atoms with van der Waals surface area (Å²) in [4.78, 5) is 12.0. The highest BCUT2D eigenvalue weighted by Gasteiger charge is 2.14. The van der Waals surface area contributed by atoms with E-state index in [0.29, 0.717) is 12.2 Å². The molecule has 0 spiro atoms. The molecule has 0 radical (unpaired) electrons. The molecule has 0 aliphatic rings. The van der Waals surface area contributed by atoms with Gasteiger partial charge in [-0.15, -0.1) is 11.6 Å². The Hall–Kier alpha value is -1.81.